The number of halogens is 7. The van der Waals surface area contributed by atoms with Gasteiger partial charge in [-0.05, 0) is 41.6 Å². The molecule has 0 bridgehead atoms. The molecule has 0 unspecified atom stereocenters. The fourth-order valence-corrected chi connectivity index (χ4v) is 3.77. The van der Waals surface area contributed by atoms with Gasteiger partial charge in [0.05, 0.1) is 27.4 Å². The van der Waals surface area contributed by atoms with E-state index in [2.05, 4.69) is 10.6 Å². The smallest absolute Gasteiger partial charge is 0.381 e. The molecule has 0 aromatic heterocycles. The summed E-state index contributed by atoms with van der Waals surface area (Å²) in [6.45, 7) is -0.766. The monoisotopic (exact) mass is 534 g/mol. The van der Waals surface area contributed by atoms with Crippen molar-refractivity contribution in [3.8, 4) is 0 Å². The third-order valence-electron chi connectivity index (χ3n) is 4.28. The third-order valence-corrected chi connectivity index (χ3v) is 6.38. The van der Waals surface area contributed by atoms with Gasteiger partial charge in [0, 0.05) is 17.3 Å². The first-order chi connectivity index (χ1) is 14.4. The maximum absolute atomic E-state index is 13.8. The van der Waals surface area contributed by atoms with E-state index in [0.29, 0.717) is 11.3 Å². The molecule has 0 spiro atoms. The van der Waals surface area contributed by atoms with Gasteiger partial charge < -0.3 is 15.7 Å². The standard InChI is InChI=1S/C19H17Cl4F3N2O2S/c1-31-8-16(29)27-7-10-2-3-12(6-13(10)20)28-9-18(30,19(24,25)26)11-4-14(21)17(23)15(22)5-11/h2-6,28,30H,7-9H2,1H3,(H,27,29)/t18-/m0/s1. The van der Waals surface area contributed by atoms with Crippen LogP contribution in [0.25, 0.3) is 0 Å². The Morgan fingerprint density at radius 2 is 1.68 bits per heavy atom. The minimum Gasteiger partial charge on any atom is -0.381 e. The van der Waals surface area contributed by atoms with E-state index in [1.807, 2.05) is 0 Å². The van der Waals surface area contributed by atoms with Crippen molar-refractivity contribution in [1.29, 1.82) is 0 Å². The van der Waals surface area contributed by atoms with Crippen LogP contribution in [0.4, 0.5) is 18.9 Å². The van der Waals surface area contributed by atoms with Gasteiger partial charge >= 0.3 is 6.18 Å². The molecule has 0 aliphatic carbocycles. The summed E-state index contributed by atoms with van der Waals surface area (Å²) in [6, 6.07) is 6.28. The van der Waals surface area contributed by atoms with Gasteiger partial charge in [0.2, 0.25) is 11.5 Å². The van der Waals surface area contributed by atoms with Crippen molar-refractivity contribution in [3.63, 3.8) is 0 Å². The van der Waals surface area contributed by atoms with Crippen molar-refractivity contribution < 1.29 is 23.1 Å². The Labute approximate surface area is 201 Å². The predicted molar refractivity (Wildman–Crippen MR) is 122 cm³/mol. The van der Waals surface area contributed by atoms with Crippen LogP contribution in [0.1, 0.15) is 11.1 Å². The molecule has 0 aliphatic heterocycles. The van der Waals surface area contributed by atoms with E-state index in [-0.39, 0.29) is 38.2 Å². The van der Waals surface area contributed by atoms with Gasteiger partial charge in [-0.2, -0.15) is 24.9 Å². The molecule has 0 aliphatic rings. The van der Waals surface area contributed by atoms with Crippen molar-refractivity contribution in [2.45, 2.75) is 18.3 Å². The molecule has 3 N–H and O–H groups in total. The average molecular weight is 536 g/mol. The van der Waals surface area contributed by atoms with Gasteiger partial charge in [-0.3, -0.25) is 4.79 Å². The largest absolute Gasteiger partial charge is 0.423 e. The summed E-state index contributed by atoms with van der Waals surface area (Å²) in [5, 5.41) is 15.4. The zero-order valence-electron chi connectivity index (χ0n) is 15.9. The highest BCUT2D eigenvalue weighted by atomic mass is 35.5. The van der Waals surface area contributed by atoms with Crippen LogP contribution in [0.3, 0.4) is 0 Å². The number of thioether (sulfide) groups is 1. The van der Waals surface area contributed by atoms with Crippen molar-refractivity contribution in [1.82, 2.24) is 5.32 Å². The van der Waals surface area contributed by atoms with Gasteiger partial charge in [0.25, 0.3) is 0 Å². The van der Waals surface area contributed by atoms with E-state index in [9.17, 15) is 23.1 Å². The maximum Gasteiger partial charge on any atom is 0.423 e. The minimum atomic E-state index is -5.05. The lowest BCUT2D eigenvalue weighted by Crippen LogP contribution is -2.47. The molecule has 4 nitrogen and oxygen atoms in total. The number of hydrogen-bond acceptors (Lipinski definition) is 4. The number of amides is 1. The maximum atomic E-state index is 13.8. The number of rotatable bonds is 8. The molecule has 2 aromatic rings. The Morgan fingerprint density at radius 3 is 2.19 bits per heavy atom. The van der Waals surface area contributed by atoms with Gasteiger partial charge in [0.15, 0.2) is 0 Å². The molecule has 12 heteroatoms. The van der Waals surface area contributed by atoms with E-state index in [1.165, 1.54) is 23.9 Å². The van der Waals surface area contributed by atoms with Crippen LogP contribution in [0, 0.1) is 0 Å². The van der Waals surface area contributed by atoms with Crippen LogP contribution in [-0.2, 0) is 16.9 Å². The molecule has 1 amide bonds. The highest BCUT2D eigenvalue weighted by Gasteiger charge is 2.55. The first-order valence-electron chi connectivity index (χ1n) is 8.61. The number of benzene rings is 2. The molecule has 0 heterocycles. The lowest BCUT2D eigenvalue weighted by Gasteiger charge is -2.32. The predicted octanol–water partition coefficient (Wildman–Crippen LogP) is 6.14. The summed E-state index contributed by atoms with van der Waals surface area (Å²) in [5.41, 5.74) is -3.05. The number of hydrogen-bond donors (Lipinski definition) is 3. The van der Waals surface area contributed by atoms with Crippen molar-refractivity contribution in [3.05, 3.63) is 61.5 Å². The first-order valence-corrected chi connectivity index (χ1v) is 11.5. The molecular formula is C19H17Cl4F3N2O2S. The van der Waals surface area contributed by atoms with Gasteiger partial charge in [-0.15, -0.1) is 0 Å². The summed E-state index contributed by atoms with van der Waals surface area (Å²) in [6.07, 6.45) is -3.26. The molecule has 31 heavy (non-hydrogen) atoms. The van der Waals surface area contributed by atoms with E-state index in [4.69, 9.17) is 46.4 Å². The minimum absolute atomic E-state index is 0.114. The van der Waals surface area contributed by atoms with Crippen molar-refractivity contribution in [2.24, 2.45) is 0 Å². The molecule has 0 saturated carbocycles. The fourth-order valence-electron chi connectivity index (χ4n) is 2.57. The summed E-state index contributed by atoms with van der Waals surface area (Å²) >= 11 is 25.0. The lowest BCUT2D eigenvalue weighted by atomic mass is 9.92. The molecule has 2 rings (SSSR count). The van der Waals surface area contributed by atoms with Crippen LogP contribution in [0.15, 0.2) is 30.3 Å². The molecule has 0 saturated heterocycles. The molecule has 2 aromatic carbocycles. The van der Waals surface area contributed by atoms with E-state index >= 15 is 0 Å². The zero-order valence-corrected chi connectivity index (χ0v) is 19.8. The van der Waals surface area contributed by atoms with Crippen molar-refractivity contribution >= 4 is 69.8 Å². The SMILES string of the molecule is CSCC(=O)NCc1ccc(NC[C@](O)(c2cc(Cl)c(Cl)c(Cl)c2)C(F)(F)F)cc1Cl. The second-order valence-electron chi connectivity index (χ2n) is 6.48. The number of carbonyl (C=O) groups excluding carboxylic acids is 1. The van der Waals surface area contributed by atoms with Crippen molar-refractivity contribution in [2.75, 3.05) is 23.9 Å². The van der Waals surface area contributed by atoms with Gasteiger partial charge in [-0.1, -0.05) is 52.5 Å². The Bertz CT molecular complexity index is 939. The average Bonchev–Trinajstić information content (AvgIpc) is 2.68. The number of anilines is 1. The van der Waals surface area contributed by atoms with E-state index < -0.39 is 23.9 Å². The second kappa shape index (κ2) is 10.7. The normalized spacial score (nSPS) is 13.6. The number of aliphatic hydroxyl groups is 1. The van der Waals surface area contributed by atoms with Crippen LogP contribution in [0.2, 0.25) is 20.1 Å². The summed E-state index contributed by atoms with van der Waals surface area (Å²) in [4.78, 5) is 11.6. The third kappa shape index (κ3) is 6.49. The second-order valence-corrected chi connectivity index (χ2v) is 8.95. The molecule has 0 radical (unpaired) electrons. The highest BCUT2D eigenvalue weighted by Crippen LogP contribution is 2.43. The quantitative estimate of drug-likeness (QED) is 0.355. The molecule has 170 valence electrons. The molecule has 1 atom stereocenters. The van der Waals surface area contributed by atoms with Crippen LogP contribution < -0.4 is 10.6 Å². The summed E-state index contributed by atoms with van der Waals surface area (Å²) < 4.78 is 41.3. The Balaban J connectivity index is 2.21. The van der Waals surface area contributed by atoms with E-state index in [0.717, 1.165) is 12.1 Å². The number of carbonyl (C=O) groups is 1. The Morgan fingerprint density at radius 1 is 1.06 bits per heavy atom. The van der Waals surface area contributed by atoms with Gasteiger partial charge in [-0.25, -0.2) is 0 Å². The first kappa shape index (κ1) is 26.2. The molecular weight excluding hydrogens is 519 g/mol. The van der Waals surface area contributed by atoms with E-state index in [1.54, 1.807) is 12.3 Å². The fraction of sp³-hybridized carbons (Fsp3) is 0.316. The van der Waals surface area contributed by atoms with Crippen LogP contribution in [0.5, 0.6) is 0 Å². The van der Waals surface area contributed by atoms with Gasteiger partial charge in [0.1, 0.15) is 0 Å². The Kier molecular flexibility index (Phi) is 9.07. The number of nitrogens with one attached hydrogen (secondary N) is 2. The van der Waals surface area contributed by atoms with Crippen LogP contribution >= 0.6 is 58.2 Å². The number of alkyl halides is 3. The lowest BCUT2D eigenvalue weighted by molar-refractivity contribution is -0.260. The Hall–Kier alpha value is -1.03. The van der Waals surface area contributed by atoms with Crippen LogP contribution in [-0.4, -0.2) is 35.7 Å². The zero-order chi connectivity index (χ0) is 23.4. The highest BCUT2D eigenvalue weighted by molar-refractivity contribution is 7.99. The molecule has 0 fully saturated rings. The summed E-state index contributed by atoms with van der Waals surface area (Å²) in [7, 11) is 0. The summed E-state index contributed by atoms with van der Waals surface area (Å²) in [5.74, 6) is 0.132. The topological polar surface area (TPSA) is 61.4 Å².